The van der Waals surface area contributed by atoms with Crippen molar-refractivity contribution in [3.8, 4) is 0 Å². The van der Waals surface area contributed by atoms with Crippen molar-refractivity contribution in [2.75, 3.05) is 0 Å². The minimum absolute atomic E-state index is 0.0550. The monoisotopic (exact) mass is 341 g/mol. The van der Waals surface area contributed by atoms with Crippen LogP contribution in [-0.4, -0.2) is 32.7 Å². The van der Waals surface area contributed by atoms with E-state index in [1.165, 1.54) is 0 Å². The zero-order chi connectivity index (χ0) is 17.2. The van der Waals surface area contributed by atoms with Gasteiger partial charge in [-0.25, -0.2) is 0 Å². The lowest BCUT2D eigenvalue weighted by Gasteiger charge is -2.14. The maximum Gasteiger partial charge on any atom is 0.509 e. The van der Waals surface area contributed by atoms with Crippen molar-refractivity contribution in [1.82, 2.24) is 0 Å². The highest BCUT2D eigenvalue weighted by molar-refractivity contribution is 7.39. The van der Waals surface area contributed by atoms with Gasteiger partial charge in [-0.15, -0.1) is 0 Å². The molecule has 0 aliphatic rings. The van der Waals surface area contributed by atoms with Gasteiger partial charge in [0.1, 0.15) is 5.92 Å². The molecule has 0 saturated heterocycles. The summed E-state index contributed by atoms with van der Waals surface area (Å²) in [4.78, 5) is 31.4. The van der Waals surface area contributed by atoms with Crippen molar-refractivity contribution in [3.05, 3.63) is 35.9 Å². The van der Waals surface area contributed by atoms with Crippen LogP contribution in [0.1, 0.15) is 37.7 Å². The number of carbonyl (C=O) groups is 2. The summed E-state index contributed by atoms with van der Waals surface area (Å²) in [5.41, 5.74) is -0.0172. The van der Waals surface area contributed by atoms with E-state index in [0.717, 1.165) is 5.56 Å². The third-order valence-electron chi connectivity index (χ3n) is 3.76. The Kier molecular flexibility index (Phi) is 8.45. The molecule has 0 aliphatic carbocycles. The van der Waals surface area contributed by atoms with Crippen LogP contribution in [0.25, 0.3) is 0 Å². The van der Waals surface area contributed by atoms with Gasteiger partial charge in [0.05, 0.1) is 0 Å². The van der Waals surface area contributed by atoms with Crippen molar-refractivity contribution >= 4 is 20.0 Å². The number of carboxylic acids is 2. The van der Waals surface area contributed by atoms with E-state index in [1.54, 1.807) is 24.3 Å². The summed E-state index contributed by atoms with van der Waals surface area (Å²) in [7, 11) is -2.62. The topological polar surface area (TPSA) is 112 Å². The zero-order valence-electron chi connectivity index (χ0n) is 12.8. The van der Waals surface area contributed by atoms with Crippen LogP contribution in [0.15, 0.2) is 30.3 Å². The van der Waals surface area contributed by atoms with Crippen LogP contribution >= 0.6 is 8.03 Å². The smallest absolute Gasteiger partial charge is 0.481 e. The zero-order valence-corrected chi connectivity index (χ0v) is 13.7. The number of hydrogen-bond donors (Lipinski definition) is 3. The van der Waals surface area contributed by atoms with Crippen LogP contribution in [0.5, 0.6) is 0 Å². The summed E-state index contributed by atoms with van der Waals surface area (Å²) in [6.07, 6.45) is 2.16. The lowest BCUT2D eigenvalue weighted by Crippen LogP contribution is -2.27. The molecule has 0 aromatic heterocycles. The second kappa shape index (κ2) is 10.1. The van der Waals surface area contributed by atoms with Crippen molar-refractivity contribution in [2.45, 2.75) is 44.2 Å². The molecule has 7 heteroatoms. The standard InChI is InChI=1S/C16H21O6P/c17-15(18)10-6-2-5-9-13(16(19)20)14(23(21)22)11-12-7-3-1-4-8-12/h1,3-4,7-8,13-14H,2,5-6,9-11H2,(H2-,17,18,19,20,21,22)/p+1. The molecule has 0 bridgehead atoms. The van der Waals surface area contributed by atoms with E-state index >= 15 is 0 Å². The third kappa shape index (κ3) is 7.35. The maximum atomic E-state index is 11.6. The SMILES string of the molecule is O=C(O)CCCCCC(C(=O)O)C(Cc1ccccc1)[P+](=O)O. The molecule has 0 fully saturated rings. The molecule has 1 aromatic carbocycles. The van der Waals surface area contributed by atoms with Gasteiger partial charge in [-0.2, -0.15) is 4.89 Å². The Hall–Kier alpha value is -1.78. The minimum atomic E-state index is -2.62. The largest absolute Gasteiger partial charge is 0.509 e. The van der Waals surface area contributed by atoms with Gasteiger partial charge < -0.3 is 10.2 Å². The van der Waals surface area contributed by atoms with Gasteiger partial charge >= 0.3 is 20.0 Å². The summed E-state index contributed by atoms with van der Waals surface area (Å²) in [6, 6.07) is 9.04. The number of aliphatic carboxylic acids is 2. The molecule has 1 aromatic rings. The minimum Gasteiger partial charge on any atom is -0.481 e. The Morgan fingerprint density at radius 3 is 2.22 bits per heavy atom. The van der Waals surface area contributed by atoms with E-state index in [9.17, 15) is 24.2 Å². The number of hydrogen-bond acceptors (Lipinski definition) is 3. The van der Waals surface area contributed by atoms with Gasteiger partial charge in [0.15, 0.2) is 0 Å². The molecule has 3 unspecified atom stereocenters. The molecular formula is C16H22O6P+. The third-order valence-corrected chi connectivity index (χ3v) is 4.87. The molecule has 0 heterocycles. The van der Waals surface area contributed by atoms with Crippen LogP contribution in [-0.2, 0) is 20.6 Å². The molecule has 1 rings (SSSR count). The summed E-state index contributed by atoms with van der Waals surface area (Å²) >= 11 is 0. The molecule has 0 saturated carbocycles. The highest BCUT2D eigenvalue weighted by Crippen LogP contribution is 2.35. The quantitative estimate of drug-likeness (QED) is 0.421. The molecule has 0 aliphatic heterocycles. The molecule has 3 N–H and O–H groups in total. The molecule has 126 valence electrons. The highest BCUT2D eigenvalue weighted by Gasteiger charge is 2.41. The van der Waals surface area contributed by atoms with Crippen molar-refractivity contribution in [2.24, 2.45) is 5.92 Å². The molecular weight excluding hydrogens is 319 g/mol. The van der Waals surface area contributed by atoms with Crippen molar-refractivity contribution in [3.63, 3.8) is 0 Å². The first-order valence-corrected chi connectivity index (χ1v) is 8.83. The van der Waals surface area contributed by atoms with E-state index in [0.29, 0.717) is 19.3 Å². The van der Waals surface area contributed by atoms with Crippen LogP contribution in [0.3, 0.4) is 0 Å². The van der Waals surface area contributed by atoms with Crippen molar-refractivity contribution in [1.29, 1.82) is 0 Å². The average Bonchev–Trinajstić information content (AvgIpc) is 2.49. The van der Waals surface area contributed by atoms with E-state index in [2.05, 4.69) is 0 Å². The molecule has 3 atom stereocenters. The first-order chi connectivity index (χ1) is 10.9. The van der Waals surface area contributed by atoms with Gasteiger partial charge in [-0.3, -0.25) is 9.59 Å². The van der Waals surface area contributed by atoms with Crippen LogP contribution in [0, 0.1) is 5.92 Å². The predicted molar refractivity (Wildman–Crippen MR) is 85.6 cm³/mol. The van der Waals surface area contributed by atoms with Crippen LogP contribution < -0.4 is 0 Å². The number of carboxylic acid groups (broad SMARTS) is 2. The van der Waals surface area contributed by atoms with E-state index in [1.807, 2.05) is 6.07 Å². The van der Waals surface area contributed by atoms with Crippen LogP contribution in [0.2, 0.25) is 0 Å². The summed E-state index contributed by atoms with van der Waals surface area (Å²) in [5.74, 6) is -2.87. The van der Waals surface area contributed by atoms with E-state index < -0.39 is 31.5 Å². The van der Waals surface area contributed by atoms with E-state index in [-0.39, 0.29) is 19.3 Å². The van der Waals surface area contributed by atoms with Gasteiger partial charge in [-0.05, 0) is 23.0 Å². The molecule has 6 nitrogen and oxygen atoms in total. The first kappa shape index (κ1) is 19.3. The highest BCUT2D eigenvalue weighted by atomic mass is 31.1. The Balaban J connectivity index is 2.65. The van der Waals surface area contributed by atoms with Gasteiger partial charge in [0, 0.05) is 12.8 Å². The molecule has 23 heavy (non-hydrogen) atoms. The molecule has 0 radical (unpaired) electrons. The van der Waals surface area contributed by atoms with Gasteiger partial charge in [0.25, 0.3) is 0 Å². The fourth-order valence-electron chi connectivity index (χ4n) is 2.53. The predicted octanol–water partition coefficient (Wildman–Crippen LogP) is 3.07. The molecule has 0 spiro atoms. The van der Waals surface area contributed by atoms with Gasteiger partial charge in [-0.1, -0.05) is 43.2 Å². The Bertz CT molecular complexity index is 531. The summed E-state index contributed by atoms with van der Waals surface area (Å²) in [6.45, 7) is 0. The Morgan fingerprint density at radius 1 is 1.04 bits per heavy atom. The summed E-state index contributed by atoms with van der Waals surface area (Å²) in [5, 5.41) is 18.0. The Morgan fingerprint density at radius 2 is 1.70 bits per heavy atom. The van der Waals surface area contributed by atoms with Crippen LogP contribution in [0.4, 0.5) is 0 Å². The summed E-state index contributed by atoms with van der Waals surface area (Å²) < 4.78 is 11.6. The normalized spacial score (nSPS) is 14.0. The van der Waals surface area contributed by atoms with E-state index in [4.69, 9.17) is 5.11 Å². The first-order valence-electron chi connectivity index (χ1n) is 7.55. The maximum absolute atomic E-state index is 11.6. The number of rotatable bonds is 11. The Labute approximate surface area is 136 Å². The number of unbranched alkanes of at least 4 members (excludes halogenated alkanes) is 2. The molecule has 0 amide bonds. The fourth-order valence-corrected chi connectivity index (χ4v) is 3.48. The second-order valence-electron chi connectivity index (χ2n) is 5.50. The van der Waals surface area contributed by atoms with Crippen molar-refractivity contribution < 1.29 is 29.3 Å². The lowest BCUT2D eigenvalue weighted by molar-refractivity contribution is -0.142. The number of benzene rings is 1. The fraction of sp³-hybridized carbons (Fsp3) is 0.500. The average molecular weight is 341 g/mol. The second-order valence-corrected chi connectivity index (χ2v) is 6.77. The lowest BCUT2D eigenvalue weighted by atomic mass is 9.93. The van der Waals surface area contributed by atoms with Gasteiger partial charge in [0.2, 0.25) is 5.66 Å².